The predicted octanol–water partition coefficient (Wildman–Crippen LogP) is 1.52. The Balaban J connectivity index is 2.16. The van der Waals surface area contributed by atoms with E-state index in [9.17, 15) is 8.42 Å². The first-order valence-corrected chi connectivity index (χ1v) is 8.85. The van der Waals surface area contributed by atoms with Crippen LogP contribution >= 0.6 is 0 Å². The quantitative estimate of drug-likeness (QED) is 0.895. The summed E-state index contributed by atoms with van der Waals surface area (Å²) in [6.45, 7) is 5.32. The van der Waals surface area contributed by atoms with Gasteiger partial charge in [-0.05, 0) is 50.5 Å². The molecule has 1 saturated heterocycles. The first-order chi connectivity index (χ1) is 9.59. The topological polar surface area (TPSA) is 63.4 Å². The molecular formula is C15H24N2O2S. The van der Waals surface area contributed by atoms with Crippen molar-refractivity contribution in [1.29, 1.82) is 0 Å². The van der Waals surface area contributed by atoms with E-state index >= 15 is 0 Å². The molecule has 4 nitrogen and oxygen atoms in total. The molecule has 2 N–H and O–H groups in total. The maximum absolute atomic E-state index is 12.7. The van der Waals surface area contributed by atoms with E-state index in [1.165, 1.54) is 0 Å². The highest BCUT2D eigenvalue weighted by Gasteiger charge is 2.35. The second-order valence-electron chi connectivity index (χ2n) is 5.40. The molecule has 0 bridgehead atoms. The summed E-state index contributed by atoms with van der Waals surface area (Å²) < 4.78 is 25.4. The Kier molecular flexibility index (Phi) is 5.18. The summed E-state index contributed by atoms with van der Waals surface area (Å²) in [5.74, 6) is 0.174. The standard InChI is InChI=1S/C15H24N2O2S/c1-2-17-10-8-13(9-11-17)15(12-16)20(18,19)14-6-4-3-5-7-14/h3-7,13,15H,2,8-12,16H2,1H3. The van der Waals surface area contributed by atoms with E-state index in [0.717, 1.165) is 32.5 Å². The molecule has 20 heavy (non-hydrogen) atoms. The number of rotatable bonds is 5. The second kappa shape index (κ2) is 6.70. The van der Waals surface area contributed by atoms with Crippen LogP contribution in [0.1, 0.15) is 19.8 Å². The third-order valence-electron chi connectivity index (χ3n) is 4.31. The molecule has 1 aliphatic heterocycles. The fourth-order valence-electron chi connectivity index (χ4n) is 3.00. The average molecular weight is 296 g/mol. The summed E-state index contributed by atoms with van der Waals surface area (Å²) in [5, 5.41) is -0.455. The van der Waals surface area contributed by atoms with Gasteiger partial charge in [0.2, 0.25) is 0 Å². The average Bonchev–Trinajstić information content (AvgIpc) is 2.49. The lowest BCUT2D eigenvalue weighted by Crippen LogP contribution is -2.43. The minimum Gasteiger partial charge on any atom is -0.329 e. The molecule has 1 atom stereocenters. The van der Waals surface area contributed by atoms with E-state index in [1.807, 2.05) is 6.07 Å². The predicted molar refractivity (Wildman–Crippen MR) is 81.3 cm³/mol. The van der Waals surface area contributed by atoms with Crippen LogP contribution in [0.3, 0.4) is 0 Å². The van der Waals surface area contributed by atoms with E-state index in [-0.39, 0.29) is 12.5 Å². The maximum atomic E-state index is 12.7. The fourth-order valence-corrected chi connectivity index (χ4v) is 4.92. The van der Waals surface area contributed by atoms with Crippen molar-refractivity contribution in [1.82, 2.24) is 4.90 Å². The summed E-state index contributed by atoms with van der Waals surface area (Å²) in [6, 6.07) is 8.69. The molecule has 1 unspecified atom stereocenters. The molecule has 1 aliphatic rings. The fraction of sp³-hybridized carbons (Fsp3) is 0.600. The summed E-state index contributed by atoms with van der Waals surface area (Å²) in [7, 11) is -3.32. The van der Waals surface area contributed by atoms with Crippen LogP contribution in [0.5, 0.6) is 0 Å². The summed E-state index contributed by atoms with van der Waals surface area (Å²) in [6.07, 6.45) is 1.84. The molecule has 0 spiro atoms. The van der Waals surface area contributed by atoms with Crippen LogP contribution in [0.25, 0.3) is 0 Å². The van der Waals surface area contributed by atoms with Crippen molar-refractivity contribution in [2.75, 3.05) is 26.2 Å². The zero-order valence-corrected chi connectivity index (χ0v) is 12.8. The number of hydrogen-bond acceptors (Lipinski definition) is 4. The molecule has 2 rings (SSSR count). The van der Waals surface area contributed by atoms with Crippen LogP contribution < -0.4 is 5.73 Å². The van der Waals surface area contributed by atoms with Gasteiger partial charge < -0.3 is 10.6 Å². The molecule has 112 valence electrons. The van der Waals surface area contributed by atoms with E-state index in [4.69, 9.17) is 5.73 Å². The Labute approximate surface area is 121 Å². The highest BCUT2D eigenvalue weighted by Crippen LogP contribution is 2.28. The zero-order chi connectivity index (χ0) is 14.6. The SMILES string of the molecule is CCN1CCC(C(CN)S(=O)(=O)c2ccccc2)CC1. The van der Waals surface area contributed by atoms with Gasteiger partial charge in [0, 0.05) is 6.54 Å². The van der Waals surface area contributed by atoms with Crippen LogP contribution in [0, 0.1) is 5.92 Å². The van der Waals surface area contributed by atoms with Crippen LogP contribution in [0.15, 0.2) is 35.2 Å². The van der Waals surface area contributed by atoms with Gasteiger partial charge in [-0.15, -0.1) is 0 Å². The summed E-state index contributed by atoms with van der Waals surface area (Å²) in [4.78, 5) is 2.76. The van der Waals surface area contributed by atoms with Crippen molar-refractivity contribution in [3.05, 3.63) is 30.3 Å². The first-order valence-electron chi connectivity index (χ1n) is 7.31. The van der Waals surface area contributed by atoms with Crippen molar-refractivity contribution in [3.63, 3.8) is 0 Å². The smallest absolute Gasteiger partial charge is 0.182 e. The molecule has 0 amide bonds. The largest absolute Gasteiger partial charge is 0.329 e. The molecule has 5 heteroatoms. The van der Waals surface area contributed by atoms with E-state index in [2.05, 4.69) is 11.8 Å². The Morgan fingerprint density at radius 1 is 1.25 bits per heavy atom. The zero-order valence-electron chi connectivity index (χ0n) is 12.0. The van der Waals surface area contributed by atoms with Gasteiger partial charge in [0.25, 0.3) is 0 Å². The monoisotopic (exact) mass is 296 g/mol. The molecule has 0 aliphatic carbocycles. The highest BCUT2D eigenvalue weighted by atomic mass is 32.2. The van der Waals surface area contributed by atoms with E-state index < -0.39 is 15.1 Å². The van der Waals surface area contributed by atoms with Gasteiger partial charge in [0.1, 0.15) is 0 Å². The van der Waals surface area contributed by atoms with Gasteiger partial charge in [-0.3, -0.25) is 0 Å². The normalized spacial score (nSPS) is 19.9. The van der Waals surface area contributed by atoms with E-state index in [0.29, 0.717) is 4.90 Å². The maximum Gasteiger partial charge on any atom is 0.182 e. The minimum atomic E-state index is -3.32. The van der Waals surface area contributed by atoms with Crippen LogP contribution in [0.4, 0.5) is 0 Å². The van der Waals surface area contributed by atoms with Crippen LogP contribution in [-0.4, -0.2) is 44.7 Å². The van der Waals surface area contributed by atoms with E-state index in [1.54, 1.807) is 24.3 Å². The molecule has 0 radical (unpaired) electrons. The number of benzene rings is 1. The lowest BCUT2D eigenvalue weighted by Gasteiger charge is -2.34. The number of nitrogens with zero attached hydrogens (tertiary/aromatic N) is 1. The number of nitrogens with two attached hydrogens (primary N) is 1. The van der Waals surface area contributed by atoms with Crippen LogP contribution in [-0.2, 0) is 9.84 Å². The summed E-state index contributed by atoms with van der Waals surface area (Å²) in [5.41, 5.74) is 5.80. The van der Waals surface area contributed by atoms with Crippen molar-refractivity contribution < 1.29 is 8.42 Å². The number of sulfone groups is 1. The Morgan fingerprint density at radius 2 is 1.85 bits per heavy atom. The van der Waals surface area contributed by atoms with Crippen molar-refractivity contribution in [3.8, 4) is 0 Å². The molecule has 0 saturated carbocycles. The third kappa shape index (κ3) is 3.22. The Morgan fingerprint density at radius 3 is 2.35 bits per heavy atom. The van der Waals surface area contributed by atoms with Gasteiger partial charge in [0.05, 0.1) is 10.1 Å². The van der Waals surface area contributed by atoms with Crippen molar-refractivity contribution in [2.24, 2.45) is 11.7 Å². The Hall–Kier alpha value is -0.910. The molecule has 0 aromatic heterocycles. The van der Waals surface area contributed by atoms with Gasteiger partial charge in [-0.2, -0.15) is 0 Å². The summed E-state index contributed by atoms with van der Waals surface area (Å²) >= 11 is 0. The van der Waals surface area contributed by atoms with Gasteiger partial charge in [-0.25, -0.2) is 8.42 Å². The first kappa shape index (κ1) is 15.5. The molecular weight excluding hydrogens is 272 g/mol. The number of piperidine rings is 1. The van der Waals surface area contributed by atoms with Crippen molar-refractivity contribution in [2.45, 2.75) is 29.9 Å². The highest BCUT2D eigenvalue weighted by molar-refractivity contribution is 7.92. The van der Waals surface area contributed by atoms with Gasteiger partial charge >= 0.3 is 0 Å². The lowest BCUT2D eigenvalue weighted by atomic mass is 9.93. The second-order valence-corrected chi connectivity index (χ2v) is 7.57. The molecule has 1 fully saturated rings. The van der Waals surface area contributed by atoms with Gasteiger partial charge in [-0.1, -0.05) is 25.1 Å². The molecule has 1 aromatic carbocycles. The Bertz CT molecular complexity index is 508. The van der Waals surface area contributed by atoms with Crippen LogP contribution in [0.2, 0.25) is 0 Å². The number of hydrogen-bond donors (Lipinski definition) is 1. The number of likely N-dealkylation sites (tertiary alicyclic amines) is 1. The lowest BCUT2D eigenvalue weighted by molar-refractivity contribution is 0.189. The minimum absolute atomic E-state index is 0.174. The van der Waals surface area contributed by atoms with Crippen molar-refractivity contribution >= 4 is 9.84 Å². The molecule has 1 aromatic rings. The third-order valence-corrected chi connectivity index (χ3v) is 6.61. The van der Waals surface area contributed by atoms with Gasteiger partial charge in [0.15, 0.2) is 9.84 Å². The molecule has 1 heterocycles.